The van der Waals surface area contributed by atoms with Gasteiger partial charge in [-0.3, -0.25) is 0 Å². The van der Waals surface area contributed by atoms with Gasteiger partial charge in [0, 0.05) is 14.1 Å². The van der Waals surface area contributed by atoms with Crippen molar-refractivity contribution in [2.24, 2.45) is 0 Å². The number of alkyl halides is 5. The van der Waals surface area contributed by atoms with Crippen LogP contribution in [-0.2, 0) is 10.9 Å². The third kappa shape index (κ3) is 3.88. The van der Waals surface area contributed by atoms with Gasteiger partial charge in [-0.1, -0.05) is 0 Å². The van der Waals surface area contributed by atoms with Gasteiger partial charge in [0.15, 0.2) is 5.69 Å². The summed E-state index contributed by atoms with van der Waals surface area (Å²) in [5.41, 5.74) is -5.02. The van der Waals surface area contributed by atoms with Gasteiger partial charge in [0.1, 0.15) is 16.8 Å². The van der Waals surface area contributed by atoms with Crippen LogP contribution in [0, 0.1) is 0 Å². The van der Waals surface area contributed by atoms with E-state index in [1.165, 1.54) is 14.1 Å². The Kier molecular flexibility index (Phi) is 5.66. The lowest BCUT2D eigenvalue weighted by molar-refractivity contribution is -0.142. The fraction of sp³-hybridized carbons (Fsp3) is 0.417. The number of nitrogens with zero attached hydrogens (tertiary/aromatic N) is 2. The first-order valence-corrected chi connectivity index (χ1v) is 6.10. The number of carboxylic acid groups (broad SMARTS) is 1. The second kappa shape index (κ2) is 6.95. The topological polar surface area (TPSA) is 91.8 Å². The molecule has 0 spiro atoms. The summed E-state index contributed by atoms with van der Waals surface area (Å²) in [6.45, 7) is 0. The molecule has 12 heteroatoms. The molecular formula is C12H12F5N3O4. The van der Waals surface area contributed by atoms with Gasteiger partial charge in [0.05, 0.1) is 12.8 Å². The van der Waals surface area contributed by atoms with Crippen LogP contribution in [0.4, 0.5) is 27.6 Å². The maximum absolute atomic E-state index is 13.1. The van der Waals surface area contributed by atoms with Gasteiger partial charge in [-0.15, -0.1) is 0 Å². The molecule has 0 radical (unpaired) electrons. The van der Waals surface area contributed by atoms with Crippen LogP contribution in [0.15, 0.2) is 0 Å². The van der Waals surface area contributed by atoms with E-state index in [9.17, 15) is 31.5 Å². The quantitative estimate of drug-likeness (QED) is 0.475. The van der Waals surface area contributed by atoms with E-state index in [1.54, 1.807) is 0 Å². The van der Waals surface area contributed by atoms with Crippen molar-refractivity contribution in [3.8, 4) is 0 Å². The zero-order valence-electron chi connectivity index (χ0n) is 12.5. The third-order valence-corrected chi connectivity index (χ3v) is 2.64. The monoisotopic (exact) mass is 357 g/mol. The summed E-state index contributed by atoms with van der Waals surface area (Å²) >= 11 is 0. The maximum Gasteiger partial charge on any atom is 0.434 e. The largest absolute Gasteiger partial charge is 0.478 e. The average Bonchev–Trinajstić information content (AvgIpc) is 2.43. The highest BCUT2D eigenvalue weighted by Crippen LogP contribution is 2.39. The van der Waals surface area contributed by atoms with E-state index in [2.05, 4.69) is 15.1 Å². The van der Waals surface area contributed by atoms with Crippen molar-refractivity contribution in [2.45, 2.75) is 12.6 Å². The lowest BCUT2D eigenvalue weighted by Crippen LogP contribution is -2.28. The Morgan fingerprint density at radius 1 is 1.25 bits per heavy atom. The van der Waals surface area contributed by atoms with Crippen LogP contribution in [-0.4, -0.2) is 48.2 Å². The molecule has 7 nitrogen and oxygen atoms in total. The van der Waals surface area contributed by atoms with Crippen molar-refractivity contribution in [3.05, 3.63) is 22.5 Å². The van der Waals surface area contributed by atoms with Crippen molar-refractivity contribution in [3.63, 3.8) is 0 Å². The Morgan fingerprint density at radius 3 is 2.12 bits per heavy atom. The number of hydrazine groups is 1. The molecule has 0 atom stereocenters. The number of hydrogen-bond donors (Lipinski definition) is 2. The molecule has 0 aliphatic carbocycles. The second-order valence-corrected chi connectivity index (χ2v) is 4.57. The van der Waals surface area contributed by atoms with Crippen LogP contribution in [0.1, 0.15) is 38.5 Å². The summed E-state index contributed by atoms with van der Waals surface area (Å²) in [5, 5.41) is 10.1. The number of aromatic carboxylic acids is 1. The van der Waals surface area contributed by atoms with Gasteiger partial charge in [-0.25, -0.2) is 28.4 Å². The number of rotatable bonds is 5. The van der Waals surface area contributed by atoms with E-state index < -0.39 is 52.7 Å². The predicted octanol–water partition coefficient (Wildman–Crippen LogP) is 2.41. The second-order valence-electron chi connectivity index (χ2n) is 4.57. The van der Waals surface area contributed by atoms with Gasteiger partial charge >= 0.3 is 18.1 Å². The van der Waals surface area contributed by atoms with E-state index in [1.807, 2.05) is 0 Å². The molecule has 0 aliphatic heterocycles. The molecule has 0 bridgehead atoms. The highest BCUT2D eigenvalue weighted by molar-refractivity contribution is 6.05. The molecule has 1 heterocycles. The fourth-order valence-electron chi connectivity index (χ4n) is 1.82. The fourth-order valence-corrected chi connectivity index (χ4v) is 1.82. The van der Waals surface area contributed by atoms with Crippen molar-refractivity contribution in [2.75, 3.05) is 26.6 Å². The van der Waals surface area contributed by atoms with Crippen molar-refractivity contribution in [1.82, 2.24) is 9.99 Å². The van der Waals surface area contributed by atoms with E-state index in [4.69, 9.17) is 5.11 Å². The van der Waals surface area contributed by atoms with Crippen LogP contribution in [0.25, 0.3) is 0 Å². The minimum Gasteiger partial charge on any atom is -0.478 e. The molecule has 0 saturated carbocycles. The summed E-state index contributed by atoms with van der Waals surface area (Å²) in [5.74, 6) is -3.57. The molecule has 0 aromatic carbocycles. The minimum atomic E-state index is -5.34. The summed E-state index contributed by atoms with van der Waals surface area (Å²) in [7, 11) is 3.31. The number of aromatic nitrogens is 1. The first-order valence-electron chi connectivity index (χ1n) is 6.10. The number of ether oxygens (including phenoxy) is 1. The first-order chi connectivity index (χ1) is 10.9. The van der Waals surface area contributed by atoms with E-state index >= 15 is 0 Å². The lowest BCUT2D eigenvalue weighted by atomic mass is 10.0. The Balaban J connectivity index is 4.02. The number of methoxy groups -OCH3 is 1. The number of carbonyl (C=O) groups is 2. The molecule has 1 rings (SSSR count). The molecular weight excluding hydrogens is 345 g/mol. The molecule has 0 saturated heterocycles. The summed E-state index contributed by atoms with van der Waals surface area (Å²) in [6, 6.07) is 0. The normalized spacial score (nSPS) is 11.8. The Bertz CT molecular complexity index is 661. The number of esters is 1. The highest BCUT2D eigenvalue weighted by atomic mass is 19.4. The van der Waals surface area contributed by atoms with Crippen LogP contribution in [0.3, 0.4) is 0 Å². The number of carboxylic acids is 1. The number of anilines is 1. The number of halogens is 5. The Morgan fingerprint density at radius 2 is 1.79 bits per heavy atom. The van der Waals surface area contributed by atoms with Gasteiger partial charge in [-0.2, -0.15) is 13.2 Å². The van der Waals surface area contributed by atoms with E-state index in [0.717, 1.165) is 12.1 Å². The minimum absolute atomic E-state index is 0.801. The van der Waals surface area contributed by atoms with Gasteiger partial charge < -0.3 is 15.3 Å². The standard InChI is InChI=1S/C12H12F5N3O4/c1-20(2)19-6-4(11(23)24-3)7(9(13)14)18-8(12(15,16)17)5(6)10(21)22/h9H,1-3H3,(H,18,19)(H,21,22). The molecule has 2 N–H and O–H groups in total. The number of carbonyl (C=O) groups excluding carboxylic acids is 1. The van der Waals surface area contributed by atoms with Crippen molar-refractivity contribution >= 4 is 17.6 Å². The van der Waals surface area contributed by atoms with Crippen LogP contribution in [0.5, 0.6) is 0 Å². The summed E-state index contributed by atoms with van der Waals surface area (Å²) < 4.78 is 69.7. The van der Waals surface area contributed by atoms with Gasteiger partial charge in [0.25, 0.3) is 6.43 Å². The summed E-state index contributed by atoms with van der Waals surface area (Å²) in [6.07, 6.45) is -8.92. The molecule has 0 amide bonds. The lowest BCUT2D eigenvalue weighted by Gasteiger charge is -2.22. The van der Waals surface area contributed by atoms with E-state index in [-0.39, 0.29) is 0 Å². The Hall–Kier alpha value is -2.50. The van der Waals surface area contributed by atoms with Crippen LogP contribution >= 0.6 is 0 Å². The van der Waals surface area contributed by atoms with Crippen molar-refractivity contribution < 1.29 is 41.4 Å². The van der Waals surface area contributed by atoms with Crippen molar-refractivity contribution in [1.29, 1.82) is 0 Å². The highest BCUT2D eigenvalue weighted by Gasteiger charge is 2.43. The molecule has 0 fully saturated rings. The van der Waals surface area contributed by atoms with Gasteiger partial charge in [0.2, 0.25) is 0 Å². The molecule has 0 unspecified atom stereocenters. The molecule has 24 heavy (non-hydrogen) atoms. The van der Waals surface area contributed by atoms with Crippen LogP contribution in [0.2, 0.25) is 0 Å². The summed E-state index contributed by atoms with van der Waals surface area (Å²) in [4.78, 5) is 25.7. The molecule has 1 aromatic rings. The zero-order chi connectivity index (χ0) is 18.8. The van der Waals surface area contributed by atoms with Gasteiger partial charge in [-0.05, 0) is 0 Å². The molecule has 0 aliphatic rings. The maximum atomic E-state index is 13.1. The van der Waals surface area contributed by atoms with Crippen LogP contribution < -0.4 is 5.43 Å². The third-order valence-electron chi connectivity index (χ3n) is 2.64. The smallest absolute Gasteiger partial charge is 0.434 e. The molecule has 134 valence electrons. The predicted molar refractivity (Wildman–Crippen MR) is 69.8 cm³/mol. The number of pyridine rings is 1. The first kappa shape index (κ1) is 19.5. The average molecular weight is 357 g/mol. The Labute approximate surface area is 132 Å². The number of hydrogen-bond acceptors (Lipinski definition) is 6. The zero-order valence-corrected chi connectivity index (χ0v) is 12.5. The van der Waals surface area contributed by atoms with E-state index in [0.29, 0.717) is 0 Å². The molecule has 1 aromatic heterocycles. The number of nitrogens with one attached hydrogen (secondary N) is 1. The SMILES string of the molecule is COC(=O)c1c(C(F)F)nc(C(F)(F)F)c(C(=O)O)c1NN(C)C.